The molecule has 0 amide bonds. The van der Waals surface area contributed by atoms with Gasteiger partial charge in [0.15, 0.2) is 17.0 Å². The van der Waals surface area contributed by atoms with Crippen molar-refractivity contribution in [3.63, 3.8) is 0 Å². The summed E-state index contributed by atoms with van der Waals surface area (Å²) in [5.41, 5.74) is 0.129. The molecule has 2 rings (SSSR count). The Morgan fingerprint density at radius 3 is 2.42 bits per heavy atom. The molecule has 0 unspecified atom stereocenters. The van der Waals surface area contributed by atoms with Crippen LogP contribution >= 0.6 is 0 Å². The molecule has 146 valence electrons. The number of aliphatic hydroxyl groups is 2. The van der Waals surface area contributed by atoms with Crippen molar-refractivity contribution in [2.24, 2.45) is 25.9 Å². The highest BCUT2D eigenvalue weighted by molar-refractivity contribution is 5.69. The van der Waals surface area contributed by atoms with Gasteiger partial charge in [0.1, 0.15) is 0 Å². The summed E-state index contributed by atoms with van der Waals surface area (Å²) in [6, 6.07) is 0. The first-order valence-corrected chi connectivity index (χ1v) is 9.11. The standard InChI is InChI=1S/C18H30N4O4/c1-12(2)18(25,26)9-8-13(3)7-6-10-22-16(23)14-15(19-11-20(14)4)21(5)17(22)24/h11-13,25-26H,6-10H2,1-5H3/t13-/m1/s1. The first-order chi connectivity index (χ1) is 12.1. The maximum Gasteiger partial charge on any atom is 0.332 e. The van der Waals surface area contributed by atoms with E-state index in [1.807, 2.05) is 6.92 Å². The predicted molar refractivity (Wildman–Crippen MR) is 99.9 cm³/mol. The van der Waals surface area contributed by atoms with Gasteiger partial charge in [0.05, 0.1) is 6.33 Å². The molecule has 8 nitrogen and oxygen atoms in total. The summed E-state index contributed by atoms with van der Waals surface area (Å²) in [5, 5.41) is 19.8. The van der Waals surface area contributed by atoms with E-state index in [9.17, 15) is 19.8 Å². The van der Waals surface area contributed by atoms with Gasteiger partial charge in [-0.15, -0.1) is 0 Å². The van der Waals surface area contributed by atoms with Gasteiger partial charge >= 0.3 is 5.69 Å². The molecule has 0 aliphatic heterocycles. The summed E-state index contributed by atoms with van der Waals surface area (Å²) in [6.07, 6.45) is 3.99. The number of hydrogen-bond acceptors (Lipinski definition) is 5. The number of aryl methyl sites for hydroxylation is 2. The minimum Gasteiger partial charge on any atom is -0.365 e. The number of nitrogens with zero attached hydrogens (tertiary/aromatic N) is 4. The molecule has 0 aromatic carbocycles. The third kappa shape index (κ3) is 4.07. The van der Waals surface area contributed by atoms with E-state index >= 15 is 0 Å². The number of hydrogen-bond donors (Lipinski definition) is 2. The van der Waals surface area contributed by atoms with Crippen LogP contribution in [0, 0.1) is 11.8 Å². The van der Waals surface area contributed by atoms with Gasteiger partial charge < -0.3 is 14.8 Å². The second-order valence-corrected chi connectivity index (χ2v) is 7.65. The fourth-order valence-electron chi connectivity index (χ4n) is 3.08. The van der Waals surface area contributed by atoms with E-state index in [1.54, 1.807) is 32.5 Å². The Bertz CT molecular complexity index is 876. The molecule has 0 spiro atoms. The molecule has 1 atom stereocenters. The van der Waals surface area contributed by atoms with Crippen molar-refractivity contribution in [2.45, 2.75) is 58.8 Å². The highest BCUT2D eigenvalue weighted by Crippen LogP contribution is 2.23. The fourth-order valence-corrected chi connectivity index (χ4v) is 3.08. The van der Waals surface area contributed by atoms with E-state index in [1.165, 1.54) is 15.5 Å². The molecule has 2 aromatic heterocycles. The SMILES string of the molecule is CC(C)C(O)(O)CC[C@H](C)CCCn1c(=O)c2c(ncn2C)n(C)c1=O. The third-order valence-corrected chi connectivity index (χ3v) is 5.21. The van der Waals surface area contributed by atoms with Crippen LogP contribution in [0.15, 0.2) is 15.9 Å². The smallest absolute Gasteiger partial charge is 0.332 e. The molecule has 2 N–H and O–H groups in total. The molecule has 2 aromatic rings. The number of fused-ring (bicyclic) bond motifs is 1. The first-order valence-electron chi connectivity index (χ1n) is 9.11. The molecule has 26 heavy (non-hydrogen) atoms. The summed E-state index contributed by atoms with van der Waals surface area (Å²) in [4.78, 5) is 29.2. The van der Waals surface area contributed by atoms with Crippen LogP contribution in [-0.2, 0) is 20.6 Å². The van der Waals surface area contributed by atoms with Gasteiger partial charge in [0, 0.05) is 33.0 Å². The Morgan fingerprint density at radius 2 is 1.81 bits per heavy atom. The van der Waals surface area contributed by atoms with E-state index in [2.05, 4.69) is 4.98 Å². The number of rotatable bonds is 8. The second kappa shape index (κ2) is 7.75. The van der Waals surface area contributed by atoms with Crippen LogP contribution in [0.4, 0.5) is 0 Å². The van der Waals surface area contributed by atoms with E-state index in [0.29, 0.717) is 37.0 Å². The quantitative estimate of drug-likeness (QED) is 0.678. The summed E-state index contributed by atoms with van der Waals surface area (Å²) in [6.45, 7) is 5.94. The lowest BCUT2D eigenvalue weighted by atomic mass is 9.91. The lowest BCUT2D eigenvalue weighted by Gasteiger charge is -2.27. The van der Waals surface area contributed by atoms with Crippen molar-refractivity contribution in [3.05, 3.63) is 27.2 Å². The minimum absolute atomic E-state index is 0.220. The number of imidazole rings is 1. The van der Waals surface area contributed by atoms with E-state index < -0.39 is 5.79 Å². The molecule has 0 fully saturated rings. The largest absolute Gasteiger partial charge is 0.365 e. The molecule has 0 bridgehead atoms. The van der Waals surface area contributed by atoms with E-state index in [0.717, 1.165) is 6.42 Å². The van der Waals surface area contributed by atoms with Gasteiger partial charge in [-0.05, 0) is 25.2 Å². The second-order valence-electron chi connectivity index (χ2n) is 7.65. The van der Waals surface area contributed by atoms with Gasteiger partial charge in [-0.1, -0.05) is 20.8 Å². The minimum atomic E-state index is -1.65. The molecule has 0 radical (unpaired) electrons. The topological polar surface area (TPSA) is 102 Å². The van der Waals surface area contributed by atoms with Crippen molar-refractivity contribution in [1.82, 2.24) is 18.7 Å². The lowest BCUT2D eigenvalue weighted by Crippen LogP contribution is -2.39. The first kappa shape index (κ1) is 20.4. The Labute approximate surface area is 152 Å². The average Bonchev–Trinajstić information content (AvgIpc) is 2.96. The van der Waals surface area contributed by atoms with Crippen LogP contribution < -0.4 is 11.2 Å². The van der Waals surface area contributed by atoms with Crippen LogP contribution in [-0.4, -0.2) is 34.7 Å². The van der Waals surface area contributed by atoms with Crippen molar-refractivity contribution in [1.29, 1.82) is 0 Å². The van der Waals surface area contributed by atoms with Crippen LogP contribution in [0.25, 0.3) is 11.2 Å². The zero-order valence-electron chi connectivity index (χ0n) is 16.3. The van der Waals surface area contributed by atoms with Gasteiger partial charge in [-0.3, -0.25) is 13.9 Å². The number of aromatic nitrogens is 4. The Morgan fingerprint density at radius 1 is 1.15 bits per heavy atom. The molecule has 0 aliphatic carbocycles. The highest BCUT2D eigenvalue weighted by atomic mass is 16.5. The fraction of sp³-hybridized carbons (Fsp3) is 0.722. The molecule has 0 saturated heterocycles. The van der Waals surface area contributed by atoms with Gasteiger partial charge in [-0.25, -0.2) is 9.78 Å². The van der Waals surface area contributed by atoms with Crippen LogP contribution in [0.2, 0.25) is 0 Å². The monoisotopic (exact) mass is 366 g/mol. The van der Waals surface area contributed by atoms with Crippen LogP contribution in [0.3, 0.4) is 0 Å². The normalized spacial score (nSPS) is 13.7. The summed E-state index contributed by atoms with van der Waals surface area (Å²) in [7, 11) is 3.35. The van der Waals surface area contributed by atoms with E-state index in [4.69, 9.17) is 0 Å². The van der Waals surface area contributed by atoms with Crippen molar-refractivity contribution < 1.29 is 10.2 Å². The molecular weight excluding hydrogens is 336 g/mol. The molecule has 0 aliphatic rings. The lowest BCUT2D eigenvalue weighted by molar-refractivity contribution is -0.198. The predicted octanol–water partition coefficient (Wildman–Crippen LogP) is 0.967. The molecular formula is C18H30N4O4. The average molecular weight is 366 g/mol. The van der Waals surface area contributed by atoms with E-state index in [-0.39, 0.29) is 23.1 Å². The van der Waals surface area contributed by atoms with Crippen LogP contribution in [0.5, 0.6) is 0 Å². The maximum atomic E-state index is 12.6. The summed E-state index contributed by atoms with van der Waals surface area (Å²) < 4.78 is 4.28. The Hall–Kier alpha value is -1.93. The highest BCUT2D eigenvalue weighted by Gasteiger charge is 2.27. The van der Waals surface area contributed by atoms with Crippen molar-refractivity contribution >= 4 is 11.2 Å². The molecule has 8 heteroatoms. The maximum absolute atomic E-state index is 12.6. The molecule has 0 saturated carbocycles. The summed E-state index contributed by atoms with van der Waals surface area (Å²) >= 11 is 0. The van der Waals surface area contributed by atoms with Gasteiger partial charge in [0.25, 0.3) is 5.56 Å². The Kier molecular flexibility index (Phi) is 6.08. The van der Waals surface area contributed by atoms with Gasteiger partial charge in [0.2, 0.25) is 0 Å². The third-order valence-electron chi connectivity index (χ3n) is 5.21. The van der Waals surface area contributed by atoms with Gasteiger partial charge in [-0.2, -0.15) is 0 Å². The molecule has 2 heterocycles. The zero-order valence-corrected chi connectivity index (χ0v) is 16.3. The van der Waals surface area contributed by atoms with Crippen molar-refractivity contribution in [3.8, 4) is 0 Å². The van der Waals surface area contributed by atoms with Crippen molar-refractivity contribution in [2.75, 3.05) is 0 Å². The van der Waals surface area contributed by atoms with Crippen LogP contribution in [0.1, 0.15) is 46.5 Å². The summed E-state index contributed by atoms with van der Waals surface area (Å²) in [5.74, 6) is -1.60. The zero-order chi connectivity index (χ0) is 19.6. The Balaban J connectivity index is 2.03.